The Labute approximate surface area is 241 Å². The molecular weight excluding hydrogens is 522 g/mol. The van der Waals surface area contributed by atoms with E-state index in [2.05, 4.69) is 22.4 Å². The van der Waals surface area contributed by atoms with E-state index >= 15 is 0 Å². The predicted octanol–water partition coefficient (Wildman–Crippen LogP) is 4.13. The van der Waals surface area contributed by atoms with Crippen molar-refractivity contribution >= 4 is 35.8 Å². The lowest BCUT2D eigenvalue weighted by Gasteiger charge is -2.42. The average molecular weight is 562 g/mol. The molecule has 2 heterocycles. The van der Waals surface area contributed by atoms with Crippen LogP contribution in [0.15, 0.2) is 58.4 Å². The van der Waals surface area contributed by atoms with Crippen LogP contribution in [0.5, 0.6) is 0 Å². The first kappa shape index (κ1) is 28.2. The van der Waals surface area contributed by atoms with Gasteiger partial charge in [0, 0.05) is 57.4 Å². The zero-order valence-electron chi connectivity index (χ0n) is 23.6. The van der Waals surface area contributed by atoms with Gasteiger partial charge >= 0.3 is 6.03 Å². The van der Waals surface area contributed by atoms with Crippen LogP contribution in [0.1, 0.15) is 48.9 Å². The molecule has 1 aliphatic carbocycles. The number of aliphatic imine (C=N–C) groups is 1. The van der Waals surface area contributed by atoms with E-state index in [0.29, 0.717) is 45.2 Å². The van der Waals surface area contributed by atoms with Crippen LogP contribution in [0.4, 0.5) is 4.79 Å². The number of likely N-dealkylation sites (tertiary alicyclic amines) is 1. The molecule has 9 heteroatoms. The fraction of sp³-hybridized carbons (Fsp3) is 0.484. The maximum atomic E-state index is 14.7. The third-order valence-corrected chi connectivity index (χ3v) is 9.45. The predicted molar refractivity (Wildman–Crippen MR) is 159 cm³/mol. The zero-order chi connectivity index (χ0) is 28.3. The van der Waals surface area contributed by atoms with Crippen LogP contribution in [0.2, 0.25) is 0 Å². The Kier molecular flexibility index (Phi) is 8.49. The normalized spacial score (nSPS) is 23.2. The second-order valence-corrected chi connectivity index (χ2v) is 12.4. The minimum Gasteiger partial charge on any atom is -0.338 e. The molecule has 5 rings (SSSR count). The number of nitrogens with zero attached hydrogens (tertiary/aromatic N) is 4. The van der Waals surface area contributed by atoms with Gasteiger partial charge in [-0.2, -0.15) is 0 Å². The summed E-state index contributed by atoms with van der Waals surface area (Å²) >= 11 is 1.52. The molecule has 3 fully saturated rings. The van der Waals surface area contributed by atoms with Crippen molar-refractivity contribution in [2.75, 3.05) is 46.3 Å². The van der Waals surface area contributed by atoms with Crippen molar-refractivity contribution in [3.05, 3.63) is 65.2 Å². The van der Waals surface area contributed by atoms with Crippen LogP contribution < -0.4 is 5.32 Å². The number of thioether (sulfide) groups is 1. The molecule has 2 atom stereocenters. The summed E-state index contributed by atoms with van der Waals surface area (Å²) in [5.74, 6) is 0.503. The van der Waals surface area contributed by atoms with Crippen molar-refractivity contribution in [3.8, 4) is 0 Å². The number of hydrogen-bond donors (Lipinski definition) is 1. The molecule has 2 aromatic rings. The van der Waals surface area contributed by atoms with Crippen LogP contribution >= 0.6 is 11.8 Å². The van der Waals surface area contributed by atoms with Crippen molar-refractivity contribution in [1.82, 2.24) is 20.0 Å². The second-order valence-electron chi connectivity index (χ2n) is 11.0. The highest BCUT2D eigenvalue weighted by Gasteiger charge is 2.59. The molecule has 4 amide bonds. The van der Waals surface area contributed by atoms with Gasteiger partial charge in [-0.25, -0.2) is 4.79 Å². The Hall–Kier alpha value is -3.33. The van der Waals surface area contributed by atoms with Gasteiger partial charge in [-0.05, 0) is 55.9 Å². The molecule has 0 radical (unpaired) electrons. The number of carbonyl (C=O) groups excluding carboxylic acids is 3. The van der Waals surface area contributed by atoms with Crippen LogP contribution in [0.25, 0.3) is 0 Å². The smallest absolute Gasteiger partial charge is 0.317 e. The van der Waals surface area contributed by atoms with Crippen molar-refractivity contribution in [2.45, 2.75) is 48.8 Å². The molecule has 0 aromatic heterocycles. The molecule has 2 unspecified atom stereocenters. The first-order valence-corrected chi connectivity index (χ1v) is 15.1. The van der Waals surface area contributed by atoms with Gasteiger partial charge in [-0.15, -0.1) is 11.8 Å². The number of rotatable bonds is 8. The minimum absolute atomic E-state index is 0.0236. The van der Waals surface area contributed by atoms with E-state index in [4.69, 9.17) is 0 Å². The van der Waals surface area contributed by atoms with E-state index in [0.717, 1.165) is 34.4 Å². The monoisotopic (exact) mass is 561 g/mol. The largest absolute Gasteiger partial charge is 0.338 e. The molecule has 2 aliphatic heterocycles. The van der Waals surface area contributed by atoms with Crippen LogP contribution in [-0.2, 0) is 9.59 Å². The third-order valence-electron chi connectivity index (χ3n) is 8.03. The molecule has 2 saturated heterocycles. The van der Waals surface area contributed by atoms with Crippen LogP contribution in [0, 0.1) is 12.8 Å². The first-order valence-electron chi connectivity index (χ1n) is 14.2. The lowest BCUT2D eigenvalue weighted by Crippen LogP contribution is -2.58. The summed E-state index contributed by atoms with van der Waals surface area (Å²) in [6.45, 7) is 7.02. The summed E-state index contributed by atoms with van der Waals surface area (Å²) in [6.07, 6.45) is 4.20. The van der Waals surface area contributed by atoms with Crippen molar-refractivity contribution in [1.29, 1.82) is 0 Å². The van der Waals surface area contributed by atoms with E-state index in [9.17, 15) is 14.4 Å². The maximum absolute atomic E-state index is 14.7. The van der Waals surface area contributed by atoms with Gasteiger partial charge in [0.15, 0.2) is 0 Å². The topological polar surface area (TPSA) is 85.3 Å². The fourth-order valence-electron chi connectivity index (χ4n) is 5.76. The molecule has 8 nitrogen and oxygen atoms in total. The van der Waals surface area contributed by atoms with Crippen molar-refractivity contribution in [2.24, 2.45) is 10.9 Å². The van der Waals surface area contributed by atoms with Gasteiger partial charge in [0.05, 0.1) is 12.5 Å². The molecule has 0 bridgehead atoms. The molecule has 212 valence electrons. The Morgan fingerprint density at radius 3 is 2.27 bits per heavy atom. The Morgan fingerprint density at radius 2 is 1.68 bits per heavy atom. The second kappa shape index (κ2) is 12.0. The maximum Gasteiger partial charge on any atom is 0.317 e. The molecule has 3 aliphatic rings. The van der Waals surface area contributed by atoms with E-state index in [1.54, 1.807) is 18.2 Å². The SMILES string of the molecule is CCNC(=O)N1CCN(C(=O)C2(Sc3ccc(C)cc3)CC(=O)N(CC3CC3)C2c2ccc(C=NC)cc2)CC1. The molecule has 1 N–H and O–H groups in total. The van der Waals surface area contributed by atoms with E-state index in [1.807, 2.05) is 60.0 Å². The van der Waals surface area contributed by atoms with E-state index in [-0.39, 0.29) is 24.3 Å². The van der Waals surface area contributed by atoms with Gasteiger partial charge in [-0.1, -0.05) is 42.0 Å². The number of amides is 4. The number of benzene rings is 2. The third kappa shape index (κ3) is 5.89. The van der Waals surface area contributed by atoms with E-state index in [1.165, 1.54) is 11.8 Å². The number of carbonyl (C=O) groups is 3. The minimum atomic E-state index is -1.02. The quantitative estimate of drug-likeness (QED) is 0.491. The van der Waals surface area contributed by atoms with Crippen molar-refractivity contribution < 1.29 is 14.4 Å². The van der Waals surface area contributed by atoms with Crippen LogP contribution in [0.3, 0.4) is 0 Å². The molecular formula is C31H39N5O3S. The van der Waals surface area contributed by atoms with E-state index < -0.39 is 10.8 Å². The molecule has 40 heavy (non-hydrogen) atoms. The summed E-state index contributed by atoms with van der Waals surface area (Å²) in [4.78, 5) is 51.7. The van der Waals surface area contributed by atoms with Gasteiger partial charge in [0.1, 0.15) is 4.75 Å². The highest BCUT2D eigenvalue weighted by atomic mass is 32.2. The average Bonchev–Trinajstić information content (AvgIpc) is 3.74. The van der Waals surface area contributed by atoms with Gasteiger partial charge in [0.2, 0.25) is 11.8 Å². The highest BCUT2D eigenvalue weighted by Crippen LogP contribution is 2.54. The standard InChI is InChI=1S/C31H39N5O3S/c1-4-33-30(39)35-17-15-34(16-18-35)29(38)31(40-26-13-5-22(2)6-14-26)19-27(37)36(21-24-7-8-24)28(31)25-11-9-23(10-12-25)20-32-3/h5-6,9-14,20,24,28H,4,7-8,15-19,21H2,1-3H3,(H,33,39). The molecule has 2 aromatic carbocycles. The summed E-state index contributed by atoms with van der Waals surface area (Å²) in [7, 11) is 1.74. The number of nitrogens with one attached hydrogen (secondary N) is 1. The zero-order valence-corrected chi connectivity index (χ0v) is 24.5. The van der Waals surface area contributed by atoms with Gasteiger partial charge < -0.3 is 20.0 Å². The number of hydrogen-bond acceptors (Lipinski definition) is 5. The number of piperazine rings is 1. The van der Waals surface area contributed by atoms with Gasteiger partial charge in [-0.3, -0.25) is 14.6 Å². The molecule has 0 spiro atoms. The summed E-state index contributed by atoms with van der Waals surface area (Å²) in [6, 6.07) is 15.8. The summed E-state index contributed by atoms with van der Waals surface area (Å²) in [5.41, 5.74) is 3.09. The Morgan fingerprint density at radius 1 is 1.02 bits per heavy atom. The van der Waals surface area contributed by atoms with Crippen LogP contribution in [-0.4, -0.2) is 89.8 Å². The summed E-state index contributed by atoms with van der Waals surface area (Å²) < 4.78 is -1.02. The molecule has 1 saturated carbocycles. The van der Waals surface area contributed by atoms with Crippen molar-refractivity contribution in [3.63, 3.8) is 0 Å². The number of urea groups is 1. The number of aryl methyl sites for hydroxylation is 1. The fourth-order valence-corrected chi connectivity index (χ4v) is 7.23. The van der Waals surface area contributed by atoms with Gasteiger partial charge in [0.25, 0.3) is 0 Å². The lowest BCUT2D eigenvalue weighted by atomic mass is 9.90. The highest BCUT2D eigenvalue weighted by molar-refractivity contribution is 8.01. The first-order chi connectivity index (χ1) is 19.3. The summed E-state index contributed by atoms with van der Waals surface area (Å²) in [5, 5.41) is 2.86. The Balaban J connectivity index is 1.53. The Bertz CT molecular complexity index is 1250. The lowest BCUT2D eigenvalue weighted by molar-refractivity contribution is -0.136.